The second-order valence-electron chi connectivity index (χ2n) is 9.13. The highest BCUT2D eigenvalue weighted by molar-refractivity contribution is 5.96. The molecule has 1 saturated heterocycles. The number of anilines is 1. The molecule has 0 atom stereocenters. The summed E-state index contributed by atoms with van der Waals surface area (Å²) < 4.78 is 9.29. The largest absolute Gasteiger partial charge is 0.378 e. The van der Waals surface area contributed by atoms with Crippen LogP contribution in [0.2, 0.25) is 0 Å². The molecule has 3 aromatic heterocycles. The molecule has 4 heterocycles. The summed E-state index contributed by atoms with van der Waals surface area (Å²) in [5, 5.41) is 9.74. The Morgan fingerprint density at radius 2 is 1.92 bits per heavy atom. The van der Waals surface area contributed by atoms with Crippen molar-refractivity contribution in [2.24, 2.45) is 0 Å². The van der Waals surface area contributed by atoms with Crippen LogP contribution in [-0.2, 0) is 9.53 Å². The molecular weight excluding hydrogens is 452 g/mol. The number of rotatable bonds is 8. The Morgan fingerprint density at radius 3 is 2.67 bits per heavy atom. The lowest BCUT2D eigenvalue weighted by Crippen LogP contribution is -2.37. The Hall–Kier alpha value is -3.78. The van der Waals surface area contributed by atoms with E-state index in [1.54, 1.807) is 6.08 Å². The van der Waals surface area contributed by atoms with Crippen molar-refractivity contribution in [1.29, 1.82) is 0 Å². The Bertz CT molecular complexity index is 1410. The lowest BCUT2D eigenvalue weighted by atomic mass is 10.1. The molecule has 0 unspecified atom stereocenters. The normalized spacial score (nSPS) is 14.5. The van der Waals surface area contributed by atoms with Crippen LogP contribution in [0, 0.1) is 6.92 Å². The number of benzene rings is 1. The predicted octanol–water partition coefficient (Wildman–Crippen LogP) is 4.89. The van der Waals surface area contributed by atoms with Gasteiger partial charge in [-0.25, -0.2) is 9.67 Å². The number of fused-ring (bicyclic) bond motifs is 1. The van der Waals surface area contributed by atoms with Crippen LogP contribution in [0.4, 0.5) is 5.82 Å². The van der Waals surface area contributed by atoms with Crippen LogP contribution in [0.5, 0.6) is 0 Å². The number of aryl methyl sites for hydroxylation is 1. The van der Waals surface area contributed by atoms with Gasteiger partial charge in [0.1, 0.15) is 5.82 Å². The monoisotopic (exact) mass is 484 g/mol. The second-order valence-corrected chi connectivity index (χ2v) is 9.13. The van der Waals surface area contributed by atoms with Crippen molar-refractivity contribution in [2.45, 2.75) is 40.0 Å². The van der Waals surface area contributed by atoms with Crippen LogP contribution in [0.3, 0.4) is 0 Å². The van der Waals surface area contributed by atoms with E-state index in [1.165, 1.54) is 5.56 Å². The van der Waals surface area contributed by atoms with Crippen molar-refractivity contribution < 1.29 is 9.53 Å². The van der Waals surface area contributed by atoms with E-state index in [9.17, 15) is 4.79 Å². The van der Waals surface area contributed by atoms with Crippen molar-refractivity contribution in [1.82, 2.24) is 24.4 Å². The van der Waals surface area contributed by atoms with Crippen molar-refractivity contribution in [3.05, 3.63) is 66.0 Å². The summed E-state index contributed by atoms with van der Waals surface area (Å²) in [6.07, 6.45) is 5.88. The summed E-state index contributed by atoms with van der Waals surface area (Å²) in [7, 11) is 0. The molecule has 8 heteroatoms. The van der Waals surface area contributed by atoms with Gasteiger partial charge >= 0.3 is 0 Å². The van der Waals surface area contributed by atoms with Crippen LogP contribution >= 0.6 is 0 Å². The maximum Gasteiger partial charge on any atom is 0.160 e. The first-order valence-electron chi connectivity index (χ1n) is 12.7. The maximum atomic E-state index is 12.2. The third kappa shape index (κ3) is 4.95. The highest BCUT2D eigenvalue weighted by Crippen LogP contribution is 2.26. The fourth-order valence-corrected chi connectivity index (χ4v) is 4.49. The van der Waals surface area contributed by atoms with Crippen LogP contribution in [0.15, 0.2) is 54.7 Å². The van der Waals surface area contributed by atoms with Crippen molar-refractivity contribution in [3.8, 4) is 17.1 Å². The third-order valence-electron chi connectivity index (χ3n) is 6.40. The highest BCUT2D eigenvalue weighted by atomic mass is 16.5. The number of allylic oxidation sites excluding steroid dienone is 2. The van der Waals surface area contributed by atoms with Crippen molar-refractivity contribution in [2.75, 3.05) is 31.2 Å². The Morgan fingerprint density at radius 1 is 1.08 bits per heavy atom. The average molecular weight is 485 g/mol. The van der Waals surface area contributed by atoms with E-state index < -0.39 is 0 Å². The van der Waals surface area contributed by atoms with Crippen molar-refractivity contribution >= 4 is 22.8 Å². The fraction of sp³-hybridized carbons (Fsp3) is 0.357. The molecule has 0 N–H and O–H groups in total. The van der Waals surface area contributed by atoms with Crippen LogP contribution in [0.1, 0.15) is 44.4 Å². The van der Waals surface area contributed by atoms with Gasteiger partial charge in [-0.3, -0.25) is 4.79 Å². The van der Waals surface area contributed by atoms with Gasteiger partial charge in [-0.2, -0.15) is 14.7 Å². The van der Waals surface area contributed by atoms with E-state index in [4.69, 9.17) is 19.9 Å². The highest BCUT2D eigenvalue weighted by Gasteiger charge is 2.20. The predicted molar refractivity (Wildman–Crippen MR) is 141 cm³/mol. The Labute approximate surface area is 211 Å². The number of carbonyl (C=O) groups excluding carboxylic acids is 1. The molecule has 4 aromatic rings. The molecule has 186 valence electrons. The van der Waals surface area contributed by atoms with E-state index in [1.807, 2.05) is 46.6 Å². The summed E-state index contributed by atoms with van der Waals surface area (Å²) in [5.74, 6) is 1.77. The molecule has 0 spiro atoms. The Kier molecular flexibility index (Phi) is 6.95. The lowest BCUT2D eigenvalue weighted by Gasteiger charge is -2.29. The molecule has 8 nitrogen and oxygen atoms in total. The van der Waals surface area contributed by atoms with Gasteiger partial charge in [0.15, 0.2) is 17.2 Å². The first-order chi connectivity index (χ1) is 17.6. The molecule has 1 aliphatic heterocycles. The standard InChI is InChI=1S/C28H32N6O2/c1-4-7-21(17-23(35)5-2)25-18-27-29-26(19-28(34(27)31-25)32-12-14-36-15-13-32)33-11-10-24(30-33)22-9-6-8-20(3)16-22/h6,8-11,16-19H,4-5,7,12-15H2,1-3H3/b21-17+. The summed E-state index contributed by atoms with van der Waals surface area (Å²) in [6.45, 7) is 8.94. The lowest BCUT2D eigenvalue weighted by molar-refractivity contribution is -0.114. The third-order valence-corrected chi connectivity index (χ3v) is 6.40. The minimum absolute atomic E-state index is 0.109. The molecule has 1 aliphatic rings. The number of hydrogen-bond acceptors (Lipinski definition) is 6. The fourth-order valence-electron chi connectivity index (χ4n) is 4.49. The molecule has 0 aliphatic carbocycles. The number of ketones is 1. The molecule has 5 rings (SSSR count). The molecule has 0 saturated carbocycles. The van der Waals surface area contributed by atoms with Gasteiger partial charge in [0.25, 0.3) is 0 Å². The number of ether oxygens (including phenoxy) is 1. The first kappa shape index (κ1) is 23.9. The quantitative estimate of drug-likeness (QED) is 0.332. The van der Waals surface area contributed by atoms with Gasteiger partial charge in [0.05, 0.1) is 24.6 Å². The average Bonchev–Trinajstić information content (AvgIpc) is 3.56. The van der Waals surface area contributed by atoms with Gasteiger partial charge < -0.3 is 9.64 Å². The van der Waals surface area contributed by atoms with Gasteiger partial charge in [-0.1, -0.05) is 44.0 Å². The zero-order valence-corrected chi connectivity index (χ0v) is 21.1. The summed E-state index contributed by atoms with van der Waals surface area (Å²) in [6, 6.07) is 14.3. The molecule has 36 heavy (non-hydrogen) atoms. The maximum absolute atomic E-state index is 12.2. The summed E-state index contributed by atoms with van der Waals surface area (Å²) in [4.78, 5) is 19.4. The van der Waals surface area contributed by atoms with E-state index in [2.05, 4.69) is 36.9 Å². The van der Waals surface area contributed by atoms with Gasteiger partial charge in [0, 0.05) is 43.4 Å². The zero-order chi connectivity index (χ0) is 25.1. The minimum atomic E-state index is 0.109. The zero-order valence-electron chi connectivity index (χ0n) is 21.1. The van der Waals surface area contributed by atoms with Crippen LogP contribution in [0.25, 0.3) is 28.3 Å². The van der Waals surface area contributed by atoms with Crippen LogP contribution in [-0.4, -0.2) is 56.5 Å². The topological polar surface area (TPSA) is 77.5 Å². The van der Waals surface area contributed by atoms with Crippen LogP contribution < -0.4 is 4.90 Å². The minimum Gasteiger partial charge on any atom is -0.378 e. The second kappa shape index (κ2) is 10.5. The number of hydrogen-bond donors (Lipinski definition) is 0. The molecule has 0 amide bonds. The number of carbonyl (C=O) groups is 1. The number of morpholine rings is 1. The SMILES string of the molecule is CCC/C(=C\C(=O)CC)c1cc2nc(-n3ccc(-c4cccc(C)c4)n3)cc(N3CCOCC3)n2n1. The van der Waals surface area contributed by atoms with E-state index in [0.717, 1.165) is 65.7 Å². The summed E-state index contributed by atoms with van der Waals surface area (Å²) in [5.41, 5.74) is 5.63. The van der Waals surface area contributed by atoms with Crippen molar-refractivity contribution in [3.63, 3.8) is 0 Å². The van der Waals surface area contributed by atoms with Gasteiger partial charge in [-0.05, 0) is 37.1 Å². The molecule has 1 fully saturated rings. The van der Waals surface area contributed by atoms with Gasteiger partial charge in [-0.15, -0.1) is 0 Å². The summed E-state index contributed by atoms with van der Waals surface area (Å²) >= 11 is 0. The molecular formula is C28H32N6O2. The molecule has 0 radical (unpaired) electrons. The molecule has 1 aromatic carbocycles. The number of aromatic nitrogens is 5. The van der Waals surface area contributed by atoms with E-state index >= 15 is 0 Å². The smallest absolute Gasteiger partial charge is 0.160 e. The first-order valence-corrected chi connectivity index (χ1v) is 12.7. The van der Waals surface area contributed by atoms with Gasteiger partial charge in [0.2, 0.25) is 0 Å². The Balaban J connectivity index is 1.61. The van der Waals surface area contributed by atoms with E-state index in [-0.39, 0.29) is 5.78 Å². The molecule has 0 bridgehead atoms. The van der Waals surface area contributed by atoms with E-state index in [0.29, 0.717) is 19.6 Å². The number of nitrogens with zero attached hydrogens (tertiary/aromatic N) is 6.